The molecule has 4 nitrogen and oxygen atoms in total. The molecule has 0 saturated heterocycles. The van der Waals surface area contributed by atoms with E-state index < -0.39 is 15.9 Å². The number of allylic oxidation sites excluding steroid dienone is 1. The van der Waals surface area contributed by atoms with E-state index in [0.717, 1.165) is 11.1 Å². The molecule has 1 rings (SSSR count). The third-order valence-corrected chi connectivity index (χ3v) is 4.99. The number of halogens is 1. The first-order valence-electron chi connectivity index (χ1n) is 7.49. The van der Waals surface area contributed by atoms with Gasteiger partial charge in [0.25, 0.3) is 10.0 Å². The molecule has 0 aliphatic heterocycles. The summed E-state index contributed by atoms with van der Waals surface area (Å²) in [6.07, 6.45) is -0.117. The van der Waals surface area contributed by atoms with Crippen molar-refractivity contribution < 1.29 is 17.6 Å². The Morgan fingerprint density at radius 2 is 1.61 bits per heavy atom. The first-order chi connectivity index (χ1) is 10.5. The van der Waals surface area contributed by atoms with E-state index in [0.29, 0.717) is 5.56 Å². The van der Waals surface area contributed by atoms with Crippen molar-refractivity contribution in [2.24, 2.45) is 0 Å². The van der Waals surface area contributed by atoms with Gasteiger partial charge in [-0.15, -0.1) is 0 Å². The first-order valence-corrected chi connectivity index (χ1v) is 8.97. The van der Waals surface area contributed by atoms with Crippen LogP contribution in [0.1, 0.15) is 63.1 Å². The topological polar surface area (TPSA) is 63.2 Å². The predicted molar refractivity (Wildman–Crippen MR) is 90.2 cm³/mol. The minimum Gasteiger partial charge on any atom is -0.274 e. The molecular formula is C17H24FNO3S. The van der Waals surface area contributed by atoms with E-state index in [9.17, 15) is 17.6 Å². The van der Waals surface area contributed by atoms with E-state index in [1.54, 1.807) is 0 Å². The molecule has 0 unspecified atom stereocenters. The maximum atomic E-state index is 13.8. The van der Waals surface area contributed by atoms with Crippen LogP contribution in [-0.4, -0.2) is 14.3 Å². The summed E-state index contributed by atoms with van der Waals surface area (Å²) in [5.41, 5.74) is 2.12. The van der Waals surface area contributed by atoms with Gasteiger partial charge < -0.3 is 0 Å². The number of carbonyl (C=O) groups excluding carboxylic acids is 1. The summed E-state index contributed by atoms with van der Waals surface area (Å²) in [4.78, 5) is 12.0. The number of hydrogen-bond donors (Lipinski definition) is 1. The smallest absolute Gasteiger partial charge is 0.259 e. The van der Waals surface area contributed by atoms with Crippen molar-refractivity contribution in [1.29, 1.82) is 0 Å². The van der Waals surface area contributed by atoms with Crippen molar-refractivity contribution in [2.75, 3.05) is 0 Å². The molecule has 0 fully saturated rings. The fourth-order valence-electron chi connectivity index (χ4n) is 2.35. The Labute approximate surface area is 137 Å². The second-order valence-corrected chi connectivity index (χ2v) is 8.19. The molecule has 0 aromatic heterocycles. The Hall–Kier alpha value is -1.69. The van der Waals surface area contributed by atoms with Gasteiger partial charge in [-0.2, -0.15) is 0 Å². The molecule has 23 heavy (non-hydrogen) atoms. The van der Waals surface area contributed by atoms with Gasteiger partial charge in [-0.1, -0.05) is 34.3 Å². The lowest BCUT2D eigenvalue weighted by atomic mass is 9.87. The molecule has 0 saturated carbocycles. The summed E-state index contributed by atoms with van der Waals surface area (Å²) < 4.78 is 39.3. The number of amides is 1. The molecule has 0 bridgehead atoms. The molecule has 0 spiro atoms. The van der Waals surface area contributed by atoms with Gasteiger partial charge in [0.1, 0.15) is 5.82 Å². The summed E-state index contributed by atoms with van der Waals surface area (Å²) >= 11 is 0. The van der Waals surface area contributed by atoms with Crippen LogP contribution in [0.25, 0.3) is 0 Å². The zero-order chi connectivity index (χ0) is 17.9. The van der Waals surface area contributed by atoms with Crippen LogP contribution in [0, 0.1) is 5.82 Å². The summed E-state index contributed by atoms with van der Waals surface area (Å²) in [7, 11) is -3.86. The molecule has 1 amide bonds. The summed E-state index contributed by atoms with van der Waals surface area (Å²) in [6, 6.07) is 2.82. The average molecular weight is 341 g/mol. The highest BCUT2D eigenvalue weighted by Crippen LogP contribution is 2.29. The van der Waals surface area contributed by atoms with E-state index in [1.165, 1.54) is 19.1 Å². The molecule has 0 heterocycles. The normalized spacial score (nSPS) is 11.8. The van der Waals surface area contributed by atoms with Crippen LogP contribution >= 0.6 is 0 Å². The van der Waals surface area contributed by atoms with Crippen molar-refractivity contribution in [3.05, 3.63) is 46.1 Å². The molecule has 0 aliphatic rings. The second-order valence-electron chi connectivity index (χ2n) is 6.28. The van der Waals surface area contributed by atoms with Crippen molar-refractivity contribution in [2.45, 2.75) is 52.9 Å². The van der Waals surface area contributed by atoms with Gasteiger partial charge in [-0.3, -0.25) is 4.79 Å². The third kappa shape index (κ3) is 4.89. The Bertz CT molecular complexity index is 692. The summed E-state index contributed by atoms with van der Waals surface area (Å²) in [6.45, 7) is 12.3. The van der Waals surface area contributed by atoms with Crippen molar-refractivity contribution >= 4 is 15.9 Å². The lowest BCUT2D eigenvalue weighted by molar-refractivity contribution is -0.118. The molecule has 1 N–H and O–H groups in total. The fourth-order valence-corrected chi connectivity index (χ4v) is 2.89. The largest absolute Gasteiger partial charge is 0.274 e. The maximum Gasteiger partial charge on any atom is 0.259 e. The highest BCUT2D eigenvalue weighted by molar-refractivity contribution is 7.93. The van der Waals surface area contributed by atoms with Gasteiger partial charge in [0.05, 0.1) is 11.3 Å². The van der Waals surface area contributed by atoms with Gasteiger partial charge in [0.15, 0.2) is 0 Å². The number of carbonyl (C=O) groups is 1. The number of benzene rings is 1. The van der Waals surface area contributed by atoms with Gasteiger partial charge >= 0.3 is 0 Å². The molecule has 1 aromatic rings. The third-order valence-electron chi connectivity index (χ3n) is 3.57. The van der Waals surface area contributed by atoms with E-state index in [-0.39, 0.29) is 29.0 Å². The molecule has 1 aromatic carbocycles. The van der Waals surface area contributed by atoms with E-state index in [1.807, 2.05) is 32.4 Å². The van der Waals surface area contributed by atoms with Crippen molar-refractivity contribution in [3.63, 3.8) is 0 Å². The molecule has 0 radical (unpaired) electrons. The molecular weight excluding hydrogens is 317 g/mol. The van der Waals surface area contributed by atoms with Crippen LogP contribution in [0.4, 0.5) is 4.39 Å². The Morgan fingerprint density at radius 3 is 1.96 bits per heavy atom. The molecule has 0 aliphatic carbocycles. The predicted octanol–water partition coefficient (Wildman–Crippen LogP) is 3.59. The zero-order valence-electron chi connectivity index (χ0n) is 14.2. The Kier molecular flexibility index (Phi) is 6.11. The number of sulfonamides is 1. The van der Waals surface area contributed by atoms with Crippen LogP contribution in [0.5, 0.6) is 0 Å². The minimum absolute atomic E-state index is 0.0174. The average Bonchev–Trinajstić information content (AvgIpc) is 2.38. The number of nitrogens with one attached hydrogen (secondary N) is 1. The summed E-state index contributed by atoms with van der Waals surface area (Å²) in [5.74, 6) is -0.966. The molecule has 128 valence electrons. The number of hydrogen-bond acceptors (Lipinski definition) is 3. The first kappa shape index (κ1) is 19.4. The highest BCUT2D eigenvalue weighted by atomic mass is 32.2. The van der Waals surface area contributed by atoms with Gasteiger partial charge in [-0.25, -0.2) is 17.5 Å². The maximum absolute atomic E-state index is 13.8. The van der Waals surface area contributed by atoms with Crippen LogP contribution in [0.3, 0.4) is 0 Å². The van der Waals surface area contributed by atoms with Gasteiger partial charge in [-0.05, 0) is 47.6 Å². The van der Waals surface area contributed by atoms with Crippen molar-refractivity contribution in [1.82, 2.24) is 4.72 Å². The van der Waals surface area contributed by atoms with E-state index in [4.69, 9.17) is 0 Å². The number of rotatable bonds is 6. The molecule has 0 atom stereocenters. The quantitative estimate of drug-likeness (QED) is 0.860. The van der Waals surface area contributed by atoms with Gasteiger partial charge in [0, 0.05) is 0 Å². The SMILES string of the molecule is C=C(C)S(=O)(=O)NC(=O)Cc1c(C(C)C)cc(F)cc1C(C)C. The highest BCUT2D eigenvalue weighted by Gasteiger charge is 2.21. The zero-order valence-corrected chi connectivity index (χ0v) is 15.1. The second kappa shape index (κ2) is 7.25. The monoisotopic (exact) mass is 341 g/mol. The minimum atomic E-state index is -3.86. The Morgan fingerprint density at radius 1 is 1.17 bits per heavy atom. The van der Waals surface area contributed by atoms with Crippen LogP contribution < -0.4 is 4.72 Å². The van der Waals surface area contributed by atoms with E-state index >= 15 is 0 Å². The fraction of sp³-hybridized carbons (Fsp3) is 0.471. The standard InChI is InChI=1S/C17H24FNO3S/c1-10(2)14-7-13(18)8-15(11(3)4)16(14)9-17(20)19-23(21,22)12(5)6/h7-8,10-11H,5,9H2,1-4,6H3,(H,19,20). The van der Waals surface area contributed by atoms with Crippen LogP contribution in [0.15, 0.2) is 23.6 Å². The van der Waals surface area contributed by atoms with Crippen LogP contribution in [0.2, 0.25) is 0 Å². The Balaban J connectivity index is 3.26. The lowest BCUT2D eigenvalue weighted by Crippen LogP contribution is -2.32. The van der Waals surface area contributed by atoms with E-state index in [2.05, 4.69) is 6.58 Å². The van der Waals surface area contributed by atoms with Gasteiger partial charge in [0.2, 0.25) is 5.91 Å². The molecule has 6 heteroatoms. The summed E-state index contributed by atoms with van der Waals surface area (Å²) in [5, 5.41) is 0. The van der Waals surface area contributed by atoms with Crippen molar-refractivity contribution in [3.8, 4) is 0 Å². The van der Waals surface area contributed by atoms with Crippen LogP contribution in [-0.2, 0) is 21.2 Å². The lowest BCUT2D eigenvalue weighted by Gasteiger charge is -2.20.